The number of ether oxygens (including phenoxy) is 2. The van der Waals surface area contributed by atoms with Gasteiger partial charge in [-0.05, 0) is 74.6 Å². The van der Waals surface area contributed by atoms with Gasteiger partial charge in [0.05, 0.1) is 12.2 Å². The van der Waals surface area contributed by atoms with Crippen LogP contribution in [-0.2, 0) is 9.47 Å². The van der Waals surface area contributed by atoms with E-state index in [4.69, 9.17) is 20.9 Å². The second-order valence-electron chi connectivity index (χ2n) is 16.4. The van der Waals surface area contributed by atoms with Crippen molar-refractivity contribution in [1.82, 2.24) is 9.97 Å². The Morgan fingerprint density at radius 1 is 0.690 bits per heavy atom. The first-order valence-corrected chi connectivity index (χ1v) is 22.0. The van der Waals surface area contributed by atoms with Crippen LogP contribution in [-0.4, -0.2) is 69.6 Å². The van der Waals surface area contributed by atoms with E-state index < -0.39 is 47.2 Å². The topological polar surface area (TPSA) is 171 Å². The number of allylic oxidation sites excluding steroid dienone is 8. The Bertz CT molecular complexity index is 1780. The van der Waals surface area contributed by atoms with Crippen molar-refractivity contribution < 1.29 is 29.3 Å². The highest BCUT2D eigenvalue weighted by molar-refractivity contribution is 7.11. The van der Waals surface area contributed by atoms with Gasteiger partial charge in [0.2, 0.25) is 0 Å². The Balaban J connectivity index is 1.35. The lowest BCUT2D eigenvalue weighted by Crippen LogP contribution is -2.42. The summed E-state index contributed by atoms with van der Waals surface area (Å²) in [4.78, 5) is 35.9. The number of hydrogen-bond donors (Lipinski definition) is 4. The van der Waals surface area contributed by atoms with Crippen LogP contribution in [0, 0.1) is 34.5 Å². The molecule has 3 heterocycles. The summed E-state index contributed by atoms with van der Waals surface area (Å²) in [7, 11) is 0. The first-order chi connectivity index (χ1) is 27.8. The van der Waals surface area contributed by atoms with Crippen molar-refractivity contribution in [1.29, 1.82) is 0 Å². The maximum absolute atomic E-state index is 13.4. The zero-order valence-electron chi connectivity index (χ0n) is 34.1. The third-order valence-electron chi connectivity index (χ3n) is 11.1. The maximum atomic E-state index is 13.4. The molecule has 2 aliphatic carbocycles. The smallest absolute Gasteiger partial charge is 0.358 e. The van der Waals surface area contributed by atoms with Crippen molar-refractivity contribution in [2.75, 3.05) is 13.1 Å². The van der Waals surface area contributed by atoms with E-state index in [0.717, 1.165) is 12.8 Å². The van der Waals surface area contributed by atoms with E-state index in [-0.39, 0.29) is 11.4 Å². The quantitative estimate of drug-likeness (QED) is 0.135. The SMILES string of the molecule is CC(C)([C@@H]1C/C=C\C2C[C@@H]2/C=C/C=C\c2nc(cs2)C(=O)O[C@H](C(C)(C)[C@@H](O)/C=C/CCN)C/C=C\[C@H]2C[C@H]2/C=C/C=C\c2nc(cs2)C(=O)O1)[C@@H](O)/C=C/CCN. The Hall–Kier alpha value is -4.04. The molecule has 58 heavy (non-hydrogen) atoms. The molecule has 0 aromatic carbocycles. The Labute approximate surface area is 351 Å². The molecule has 12 heteroatoms. The standard InChI is InChI=1S/C46H60N4O6S2/c1-45(2,37(51)19-9-11-25-47)39-21-13-17-33-27-31(33)15-5-8-24-42-50-36(30-58-42)44(54)56-40(46(3,4)38(52)20-10-12-26-48)22-14-18-34-28-32(34)16-6-7-23-41-49-35(29-57-41)43(53)55-39/h5-10,13-20,23-24,29-34,37-40,51-52H,11-12,21-22,25-28,47-48H2,1-4H3/b15-5+,16-6+,17-13-,18-14-,19-9+,20-10+,23-7-,24-8-/t31-,32+,33+,34?,37+,38+,39+,40+/m1/s1. The molecule has 6 N–H and O–H groups in total. The zero-order valence-corrected chi connectivity index (χ0v) is 35.7. The minimum absolute atomic E-state index is 0.235. The number of cyclic esters (lactones) is 2. The van der Waals surface area contributed by atoms with Gasteiger partial charge in [0, 0.05) is 34.4 Å². The minimum Gasteiger partial charge on any atom is -0.457 e. The number of aromatic nitrogens is 2. The van der Waals surface area contributed by atoms with Crippen LogP contribution in [0.3, 0.4) is 0 Å². The number of esters is 2. The number of aliphatic hydroxyl groups excluding tert-OH is 2. The average molecular weight is 829 g/mol. The van der Waals surface area contributed by atoms with Crippen molar-refractivity contribution in [3.8, 4) is 0 Å². The first-order valence-electron chi connectivity index (χ1n) is 20.3. The van der Waals surface area contributed by atoms with Crippen LogP contribution < -0.4 is 11.5 Å². The van der Waals surface area contributed by atoms with Crippen molar-refractivity contribution in [3.05, 3.63) is 117 Å². The van der Waals surface area contributed by atoms with E-state index in [0.29, 0.717) is 72.5 Å². The van der Waals surface area contributed by atoms with Crippen LogP contribution in [0.4, 0.5) is 0 Å². The van der Waals surface area contributed by atoms with E-state index in [2.05, 4.69) is 34.3 Å². The number of carbonyl (C=O) groups excluding carboxylic acids is 2. The highest BCUT2D eigenvalue weighted by atomic mass is 32.1. The van der Waals surface area contributed by atoms with Gasteiger partial charge in [-0.3, -0.25) is 0 Å². The van der Waals surface area contributed by atoms with Crippen LogP contribution in [0.15, 0.2) is 95.8 Å². The third-order valence-corrected chi connectivity index (χ3v) is 12.7. The molecular weight excluding hydrogens is 769 g/mol. The van der Waals surface area contributed by atoms with Crippen molar-refractivity contribution in [2.24, 2.45) is 46.0 Å². The number of hydrogen-bond acceptors (Lipinski definition) is 12. The molecule has 5 rings (SSSR count). The van der Waals surface area contributed by atoms with E-state index in [1.165, 1.54) is 22.7 Å². The number of aliphatic hydroxyl groups is 2. The summed E-state index contributed by atoms with van der Waals surface area (Å²) in [5.74, 6) is 0.419. The Morgan fingerprint density at radius 3 is 1.48 bits per heavy atom. The number of carbonyl (C=O) groups is 2. The molecule has 0 saturated heterocycles. The monoisotopic (exact) mass is 828 g/mol. The molecule has 3 aliphatic rings. The van der Waals surface area contributed by atoms with Crippen molar-refractivity contribution in [2.45, 2.75) is 90.6 Å². The van der Waals surface area contributed by atoms with Gasteiger partial charge in [-0.15, -0.1) is 22.7 Å². The molecule has 312 valence electrons. The summed E-state index contributed by atoms with van der Waals surface area (Å²) >= 11 is 2.73. The van der Waals surface area contributed by atoms with E-state index >= 15 is 0 Å². The van der Waals surface area contributed by atoms with Crippen molar-refractivity contribution >= 4 is 46.8 Å². The van der Waals surface area contributed by atoms with E-state index in [1.807, 2.05) is 88.5 Å². The number of nitrogens with zero attached hydrogens (tertiary/aromatic N) is 2. The molecule has 1 unspecified atom stereocenters. The molecule has 0 spiro atoms. The van der Waals surface area contributed by atoms with Crippen molar-refractivity contribution in [3.63, 3.8) is 0 Å². The summed E-state index contributed by atoms with van der Waals surface area (Å²) in [6.45, 7) is 8.58. The van der Waals surface area contributed by atoms with E-state index in [9.17, 15) is 19.8 Å². The van der Waals surface area contributed by atoms with Gasteiger partial charge in [0.1, 0.15) is 22.2 Å². The highest BCUT2D eigenvalue weighted by Crippen LogP contribution is 2.42. The second-order valence-corrected chi connectivity index (χ2v) is 18.2. The molecule has 4 bridgehead atoms. The maximum Gasteiger partial charge on any atom is 0.358 e. The van der Waals surface area contributed by atoms with Gasteiger partial charge in [-0.1, -0.05) is 113 Å². The van der Waals surface area contributed by atoms with Crippen LogP contribution in [0.1, 0.15) is 97.2 Å². The molecule has 10 nitrogen and oxygen atoms in total. The fourth-order valence-electron chi connectivity index (χ4n) is 6.62. The van der Waals surface area contributed by atoms with Crippen LogP contribution >= 0.6 is 22.7 Å². The molecule has 2 saturated carbocycles. The third kappa shape index (κ3) is 13.0. The Morgan fingerprint density at radius 2 is 1.09 bits per heavy atom. The van der Waals surface area contributed by atoms with Gasteiger partial charge in [-0.25, -0.2) is 19.6 Å². The summed E-state index contributed by atoms with van der Waals surface area (Å²) in [6, 6.07) is 0. The number of rotatable bonds is 10. The zero-order chi connectivity index (χ0) is 41.7. The predicted molar refractivity (Wildman–Crippen MR) is 235 cm³/mol. The van der Waals surface area contributed by atoms with Gasteiger partial charge >= 0.3 is 11.9 Å². The molecule has 0 amide bonds. The second kappa shape index (κ2) is 21.3. The number of thiazole rings is 2. The predicted octanol–water partition coefficient (Wildman–Crippen LogP) is 8.25. The molecular formula is C46H60N4O6S2. The summed E-state index contributed by atoms with van der Waals surface area (Å²) in [6.07, 6.45) is 32.7. The lowest BCUT2D eigenvalue weighted by molar-refractivity contribution is -0.0461. The summed E-state index contributed by atoms with van der Waals surface area (Å²) in [5.41, 5.74) is 10.2. The molecule has 8 atom stereocenters. The van der Waals surface area contributed by atoms with Crippen LogP contribution in [0.25, 0.3) is 12.2 Å². The first kappa shape index (κ1) is 45.1. The number of fused-ring (bicyclic) bond motifs is 6. The van der Waals surface area contributed by atoms with Crippen LogP contribution in [0.5, 0.6) is 0 Å². The van der Waals surface area contributed by atoms with Gasteiger partial charge in [0.25, 0.3) is 0 Å². The largest absolute Gasteiger partial charge is 0.457 e. The summed E-state index contributed by atoms with van der Waals surface area (Å²) in [5, 5.41) is 27.1. The van der Waals surface area contributed by atoms with Gasteiger partial charge in [-0.2, -0.15) is 0 Å². The fraction of sp³-hybridized carbons (Fsp3) is 0.478. The fourth-order valence-corrected chi connectivity index (χ4v) is 8.00. The molecule has 2 aromatic heterocycles. The van der Waals surface area contributed by atoms with Gasteiger partial charge in [0.15, 0.2) is 11.4 Å². The highest BCUT2D eigenvalue weighted by Gasteiger charge is 2.40. The number of nitrogens with two attached hydrogens (primary N) is 2. The molecule has 2 aromatic rings. The van der Waals surface area contributed by atoms with E-state index in [1.54, 1.807) is 22.9 Å². The lowest BCUT2D eigenvalue weighted by atomic mass is 9.78. The van der Waals surface area contributed by atoms with Gasteiger partial charge < -0.3 is 31.2 Å². The molecule has 2 fully saturated rings. The normalized spacial score (nSPS) is 29.2. The average Bonchev–Trinajstić information content (AvgIpc) is 3.99. The molecule has 0 radical (unpaired) electrons. The van der Waals surface area contributed by atoms with Crippen LogP contribution in [0.2, 0.25) is 0 Å². The lowest BCUT2D eigenvalue weighted by Gasteiger charge is -2.36. The minimum atomic E-state index is -0.851. The molecule has 1 aliphatic heterocycles. The summed E-state index contributed by atoms with van der Waals surface area (Å²) < 4.78 is 12.2. The Kier molecular flexibility index (Phi) is 16.5.